The molecule has 0 bridgehead atoms. The second-order valence-electron chi connectivity index (χ2n) is 9.07. The lowest BCUT2D eigenvalue weighted by Crippen LogP contribution is -2.33. The number of fused-ring (bicyclic) bond motifs is 2. The van der Waals surface area contributed by atoms with Crippen molar-refractivity contribution in [3.05, 3.63) is 88.4 Å². The van der Waals surface area contributed by atoms with E-state index in [1.165, 1.54) is 30.4 Å². The number of methoxy groups -OCH3 is 1. The molecule has 0 N–H and O–H groups in total. The van der Waals surface area contributed by atoms with Crippen molar-refractivity contribution in [3.8, 4) is 11.5 Å². The van der Waals surface area contributed by atoms with Gasteiger partial charge in [0.05, 0.1) is 31.4 Å². The Morgan fingerprint density at radius 1 is 0.907 bits per heavy atom. The summed E-state index contributed by atoms with van der Waals surface area (Å²) in [4.78, 5) is 27.7. The third-order valence-corrected chi connectivity index (χ3v) is 8.53. The molecule has 11 nitrogen and oxygen atoms in total. The van der Waals surface area contributed by atoms with Crippen molar-refractivity contribution in [2.75, 3.05) is 23.5 Å². The van der Waals surface area contributed by atoms with E-state index in [9.17, 15) is 18.0 Å². The fourth-order valence-corrected chi connectivity index (χ4v) is 6.63. The molecule has 1 saturated heterocycles. The number of carbonyl (C=O) groups excluding carboxylic acids is 1. The Kier molecular flexibility index (Phi) is 7.16. The largest absolute Gasteiger partial charge is 0.494 e. The van der Waals surface area contributed by atoms with Gasteiger partial charge in [0.25, 0.3) is 10.0 Å². The van der Waals surface area contributed by atoms with Crippen molar-refractivity contribution in [1.82, 2.24) is 0 Å². The van der Waals surface area contributed by atoms with E-state index in [2.05, 4.69) is 4.40 Å². The Morgan fingerprint density at radius 3 is 2.23 bits per heavy atom. The van der Waals surface area contributed by atoms with E-state index >= 15 is 0 Å². The minimum atomic E-state index is -4.67. The van der Waals surface area contributed by atoms with Crippen molar-refractivity contribution in [2.45, 2.75) is 11.8 Å². The van der Waals surface area contributed by atoms with Crippen LogP contribution in [0.2, 0.25) is 5.02 Å². The number of sulfonamides is 1. The number of hydrogen-bond acceptors (Lipinski definition) is 9. The van der Waals surface area contributed by atoms with Crippen LogP contribution in [0.5, 0.6) is 11.5 Å². The predicted octanol–water partition coefficient (Wildman–Crippen LogP) is 6.16. The minimum absolute atomic E-state index is 0.0198. The molecule has 0 radical (unpaired) electrons. The van der Waals surface area contributed by atoms with E-state index in [4.69, 9.17) is 42.1 Å². The summed E-state index contributed by atoms with van der Waals surface area (Å²) < 4.78 is 54.3. The van der Waals surface area contributed by atoms with Crippen LogP contribution in [0.25, 0.3) is 21.9 Å². The van der Waals surface area contributed by atoms with E-state index in [0.29, 0.717) is 23.1 Å². The average Bonchev–Trinajstić information content (AvgIpc) is 3.54. The summed E-state index contributed by atoms with van der Waals surface area (Å²) in [5.74, 6) is 0.293. The number of thiocarbonyl (C=S) groups is 1. The maximum Gasteiger partial charge on any atom is 0.340 e. The normalized spacial score (nSPS) is 14.8. The number of hydrogen-bond donors (Lipinski definition) is 0. The highest BCUT2D eigenvalue weighted by Gasteiger charge is 2.43. The van der Waals surface area contributed by atoms with Crippen LogP contribution >= 0.6 is 23.8 Å². The number of halogens is 1. The monoisotopic (exact) mass is 637 g/mol. The van der Waals surface area contributed by atoms with Gasteiger partial charge in [-0.25, -0.2) is 19.4 Å². The predicted molar refractivity (Wildman–Crippen MR) is 165 cm³/mol. The van der Waals surface area contributed by atoms with Crippen LogP contribution in [-0.4, -0.2) is 39.0 Å². The van der Waals surface area contributed by atoms with Crippen molar-refractivity contribution < 1.29 is 31.5 Å². The van der Waals surface area contributed by atoms with Crippen LogP contribution < -0.4 is 24.9 Å². The molecule has 5 aromatic rings. The Bertz CT molecular complexity index is 2120. The summed E-state index contributed by atoms with van der Waals surface area (Å²) in [5, 5.41) is 0.548. The molecule has 2 amide bonds. The summed E-state index contributed by atoms with van der Waals surface area (Å²) in [6.07, 6.45) is 1.27. The molecule has 0 spiro atoms. The molecule has 6 rings (SSSR count). The first kappa shape index (κ1) is 28.4. The number of rotatable bonds is 7. The lowest BCUT2D eigenvalue weighted by molar-refractivity contribution is 0.257. The fraction of sp³-hybridized carbons (Fsp3) is 0.103. The lowest BCUT2D eigenvalue weighted by atomic mass is 10.1. The number of amides is 2. The van der Waals surface area contributed by atoms with Crippen LogP contribution in [0.3, 0.4) is 0 Å². The molecule has 3 heterocycles. The van der Waals surface area contributed by atoms with Gasteiger partial charge in [-0.3, -0.25) is 0 Å². The third kappa shape index (κ3) is 4.80. The number of nitrogens with zero attached hydrogens (tertiary/aromatic N) is 3. The van der Waals surface area contributed by atoms with Crippen LogP contribution in [0.1, 0.15) is 6.92 Å². The number of urea groups is 1. The Balaban J connectivity index is 1.57. The summed E-state index contributed by atoms with van der Waals surface area (Å²) in [6, 6.07) is 15.9. The summed E-state index contributed by atoms with van der Waals surface area (Å²) in [6.45, 7) is 2.30. The first-order chi connectivity index (χ1) is 20.6. The maximum atomic E-state index is 14.2. The zero-order valence-corrected chi connectivity index (χ0v) is 24.8. The second kappa shape index (κ2) is 10.8. The van der Waals surface area contributed by atoms with Crippen molar-refractivity contribution in [1.29, 1.82) is 0 Å². The van der Waals surface area contributed by atoms with E-state index in [0.717, 1.165) is 11.0 Å². The van der Waals surface area contributed by atoms with E-state index < -0.39 is 21.7 Å². The summed E-state index contributed by atoms with van der Waals surface area (Å²) in [7, 11) is -3.34. The van der Waals surface area contributed by atoms with Gasteiger partial charge in [0.15, 0.2) is 22.0 Å². The van der Waals surface area contributed by atoms with Gasteiger partial charge in [0, 0.05) is 21.9 Å². The standard InChI is InChI=1S/C29H20ClN3O8S2/c1-3-39-19-10-8-18(9-11-19)33-28(42)27(32(29(33)35)17-6-4-16(30)5-7-17)31-43(36,37)26-20-12-13-22(34)41-24(20)25(38-2)23-21(26)14-15-40-23/h4-15H,3H2,1-2H3/b31-27-. The van der Waals surface area contributed by atoms with Crippen LogP contribution in [0.4, 0.5) is 16.2 Å². The van der Waals surface area contributed by atoms with E-state index in [1.807, 2.05) is 6.92 Å². The molecule has 0 atom stereocenters. The maximum absolute atomic E-state index is 14.2. The van der Waals surface area contributed by atoms with Gasteiger partial charge in [-0.2, -0.15) is 8.42 Å². The van der Waals surface area contributed by atoms with Gasteiger partial charge >= 0.3 is 11.7 Å². The van der Waals surface area contributed by atoms with Crippen molar-refractivity contribution >= 4 is 84.0 Å². The first-order valence-corrected chi connectivity index (χ1v) is 14.9. The molecule has 2 aromatic heterocycles. The zero-order valence-electron chi connectivity index (χ0n) is 22.4. The molecular formula is C29H20ClN3O8S2. The number of carbonyl (C=O) groups is 1. The molecule has 0 unspecified atom stereocenters. The molecule has 3 aromatic carbocycles. The second-order valence-corrected chi connectivity index (χ2v) is 11.4. The number of anilines is 2. The smallest absolute Gasteiger partial charge is 0.340 e. The van der Waals surface area contributed by atoms with Gasteiger partial charge < -0.3 is 18.3 Å². The quantitative estimate of drug-likeness (QED) is 0.152. The Morgan fingerprint density at radius 2 is 1.56 bits per heavy atom. The first-order valence-electron chi connectivity index (χ1n) is 12.7. The van der Waals surface area contributed by atoms with Crippen LogP contribution in [-0.2, 0) is 10.0 Å². The molecule has 0 saturated carbocycles. The minimum Gasteiger partial charge on any atom is -0.494 e. The molecule has 0 aliphatic carbocycles. The van der Waals surface area contributed by atoms with E-state index in [1.54, 1.807) is 48.5 Å². The highest BCUT2D eigenvalue weighted by molar-refractivity contribution is 7.91. The van der Waals surface area contributed by atoms with Crippen LogP contribution in [0.15, 0.2) is 95.9 Å². The Hall–Kier alpha value is -4.72. The van der Waals surface area contributed by atoms with Gasteiger partial charge in [-0.1, -0.05) is 23.8 Å². The molecule has 1 fully saturated rings. The summed E-state index contributed by atoms with van der Waals surface area (Å²) >= 11 is 11.7. The average molecular weight is 638 g/mol. The molecule has 43 heavy (non-hydrogen) atoms. The summed E-state index contributed by atoms with van der Waals surface area (Å²) in [5.41, 5.74) is -0.202. The van der Waals surface area contributed by atoms with E-state index in [-0.39, 0.29) is 49.1 Å². The number of furan rings is 1. The SMILES string of the molecule is CCOc1ccc(N2C(=O)N(c3ccc(Cl)cc3)/C(=N\S(=O)(=O)c3c4ccoc4c(OC)c4oc(=O)ccc34)C2=S)cc1. The third-order valence-electron chi connectivity index (χ3n) is 6.55. The lowest BCUT2D eigenvalue weighted by Gasteiger charge is -2.18. The van der Waals surface area contributed by atoms with Crippen molar-refractivity contribution in [3.63, 3.8) is 0 Å². The highest BCUT2D eigenvalue weighted by Crippen LogP contribution is 2.41. The van der Waals surface area contributed by atoms with Crippen molar-refractivity contribution in [2.24, 2.45) is 4.40 Å². The number of amidine groups is 1. The Labute approximate surface area is 254 Å². The molecule has 218 valence electrons. The number of ether oxygens (including phenoxy) is 2. The number of benzene rings is 3. The highest BCUT2D eigenvalue weighted by atomic mass is 35.5. The van der Waals surface area contributed by atoms with Gasteiger partial charge in [-0.05, 0) is 67.6 Å². The van der Waals surface area contributed by atoms with Gasteiger partial charge in [0.1, 0.15) is 10.6 Å². The van der Waals surface area contributed by atoms with Gasteiger partial charge in [-0.15, -0.1) is 4.40 Å². The van der Waals surface area contributed by atoms with Crippen LogP contribution in [0, 0.1) is 0 Å². The molecule has 1 aliphatic heterocycles. The molecular weight excluding hydrogens is 618 g/mol. The molecule has 14 heteroatoms. The fourth-order valence-electron chi connectivity index (χ4n) is 4.76. The molecule has 1 aliphatic rings. The van der Waals surface area contributed by atoms with Gasteiger partial charge in [0.2, 0.25) is 5.75 Å². The topological polar surface area (TPSA) is 132 Å². The zero-order chi connectivity index (χ0) is 30.5.